The Morgan fingerprint density at radius 2 is 1.78 bits per heavy atom. The molecule has 0 atom stereocenters. The zero-order valence-electron chi connectivity index (χ0n) is 10.1. The van der Waals surface area contributed by atoms with Crippen LogP contribution in [0.15, 0.2) is 48.5 Å². The van der Waals surface area contributed by atoms with Crippen LogP contribution in [0.5, 0.6) is 0 Å². The number of hydrogen-bond donors (Lipinski definition) is 1. The lowest BCUT2D eigenvalue weighted by atomic mass is 9.97. The highest BCUT2D eigenvalue weighted by Gasteiger charge is 2.07. The number of carbonyl (C=O) groups excluding carboxylic acids is 1. The summed E-state index contributed by atoms with van der Waals surface area (Å²) in [7, 11) is 1.65. The van der Waals surface area contributed by atoms with Crippen LogP contribution in [0.25, 0.3) is 11.1 Å². The molecule has 1 amide bonds. The van der Waals surface area contributed by atoms with Crippen molar-refractivity contribution in [3.05, 3.63) is 59.1 Å². The van der Waals surface area contributed by atoms with Gasteiger partial charge in [-0.2, -0.15) is 0 Å². The molecule has 0 aliphatic rings. The first kappa shape index (κ1) is 12.7. The third-order valence-electron chi connectivity index (χ3n) is 2.80. The molecule has 0 aromatic heterocycles. The van der Waals surface area contributed by atoms with E-state index >= 15 is 0 Å². The third-order valence-corrected chi connectivity index (χ3v) is 3.05. The van der Waals surface area contributed by atoms with Gasteiger partial charge in [0.15, 0.2) is 0 Å². The van der Waals surface area contributed by atoms with Crippen LogP contribution in [-0.4, -0.2) is 13.0 Å². The molecule has 2 aromatic carbocycles. The second-order valence-corrected chi connectivity index (χ2v) is 4.45. The molecule has 0 saturated carbocycles. The first-order valence-corrected chi connectivity index (χ1v) is 6.13. The topological polar surface area (TPSA) is 29.1 Å². The molecule has 1 N–H and O–H groups in total. The molecule has 3 heteroatoms. The number of rotatable bonds is 3. The van der Waals surface area contributed by atoms with Gasteiger partial charge < -0.3 is 5.32 Å². The molecular formula is C15H14ClNO. The molecule has 92 valence electrons. The van der Waals surface area contributed by atoms with Crippen molar-refractivity contribution >= 4 is 17.5 Å². The first-order chi connectivity index (χ1) is 8.70. The lowest BCUT2D eigenvalue weighted by molar-refractivity contribution is -0.119. The van der Waals surface area contributed by atoms with Crippen LogP contribution in [-0.2, 0) is 11.2 Å². The molecular weight excluding hydrogens is 246 g/mol. The number of nitrogens with one attached hydrogen (secondary N) is 1. The summed E-state index contributed by atoms with van der Waals surface area (Å²) in [6, 6.07) is 15.5. The van der Waals surface area contributed by atoms with Crippen LogP contribution in [0, 0.1) is 0 Å². The highest BCUT2D eigenvalue weighted by Crippen LogP contribution is 2.25. The zero-order chi connectivity index (χ0) is 13.0. The van der Waals surface area contributed by atoms with E-state index in [1.54, 1.807) is 7.05 Å². The minimum atomic E-state index is 0.0106. The van der Waals surface area contributed by atoms with Gasteiger partial charge in [-0.15, -0.1) is 0 Å². The Hall–Kier alpha value is -1.80. The van der Waals surface area contributed by atoms with E-state index in [9.17, 15) is 4.79 Å². The molecule has 0 heterocycles. The number of halogens is 1. The summed E-state index contributed by atoms with van der Waals surface area (Å²) in [4.78, 5) is 11.5. The largest absolute Gasteiger partial charge is 0.359 e. The maximum atomic E-state index is 11.5. The summed E-state index contributed by atoms with van der Waals surface area (Å²) in [5.41, 5.74) is 3.15. The van der Waals surface area contributed by atoms with Gasteiger partial charge in [0.05, 0.1) is 6.42 Å². The number of benzene rings is 2. The Balaban J connectivity index is 2.38. The maximum absolute atomic E-state index is 11.5. The fraction of sp³-hybridized carbons (Fsp3) is 0.133. The molecule has 0 spiro atoms. The average molecular weight is 260 g/mol. The molecule has 0 saturated heterocycles. The second-order valence-electron chi connectivity index (χ2n) is 4.01. The maximum Gasteiger partial charge on any atom is 0.224 e. The Kier molecular flexibility index (Phi) is 4.00. The van der Waals surface area contributed by atoms with E-state index in [1.807, 2.05) is 48.5 Å². The van der Waals surface area contributed by atoms with E-state index in [-0.39, 0.29) is 5.91 Å². The lowest BCUT2D eigenvalue weighted by Gasteiger charge is -2.09. The summed E-state index contributed by atoms with van der Waals surface area (Å²) >= 11 is 5.88. The first-order valence-electron chi connectivity index (χ1n) is 5.75. The normalized spacial score (nSPS) is 10.1. The van der Waals surface area contributed by atoms with Gasteiger partial charge in [-0.3, -0.25) is 4.79 Å². The second kappa shape index (κ2) is 5.69. The van der Waals surface area contributed by atoms with Gasteiger partial charge in [0.1, 0.15) is 0 Å². The van der Waals surface area contributed by atoms with Gasteiger partial charge in [-0.25, -0.2) is 0 Å². The van der Waals surface area contributed by atoms with Crippen LogP contribution >= 0.6 is 11.6 Å². The molecule has 0 radical (unpaired) electrons. The van der Waals surface area contributed by atoms with Gasteiger partial charge in [-0.1, -0.05) is 48.0 Å². The average Bonchev–Trinajstić information content (AvgIpc) is 2.40. The van der Waals surface area contributed by atoms with E-state index in [0.29, 0.717) is 11.4 Å². The van der Waals surface area contributed by atoms with Gasteiger partial charge in [0.25, 0.3) is 0 Å². The Bertz CT molecular complexity index is 549. The number of likely N-dealkylation sites (N-methyl/N-ethyl adjacent to an activating group) is 1. The highest BCUT2D eigenvalue weighted by atomic mass is 35.5. The van der Waals surface area contributed by atoms with Crippen LogP contribution in [0.4, 0.5) is 0 Å². The fourth-order valence-electron chi connectivity index (χ4n) is 1.85. The van der Waals surface area contributed by atoms with Crippen LogP contribution in [0.1, 0.15) is 5.56 Å². The van der Waals surface area contributed by atoms with Gasteiger partial charge >= 0.3 is 0 Å². The SMILES string of the molecule is CNC(=O)Cc1ccccc1-c1ccc(Cl)cc1. The van der Waals surface area contributed by atoms with E-state index in [2.05, 4.69) is 5.32 Å². The molecule has 2 aromatic rings. The summed E-state index contributed by atoms with van der Waals surface area (Å²) in [6.45, 7) is 0. The van der Waals surface area contributed by atoms with Gasteiger partial charge in [-0.05, 0) is 28.8 Å². The van der Waals surface area contributed by atoms with Crippen LogP contribution in [0.3, 0.4) is 0 Å². The monoisotopic (exact) mass is 259 g/mol. The molecule has 0 unspecified atom stereocenters. The lowest BCUT2D eigenvalue weighted by Crippen LogP contribution is -2.20. The standard InChI is InChI=1S/C15H14ClNO/c1-17-15(18)10-12-4-2-3-5-14(12)11-6-8-13(16)9-7-11/h2-9H,10H2,1H3,(H,17,18). The van der Waals surface area contributed by atoms with Gasteiger partial charge in [0, 0.05) is 12.1 Å². The van der Waals surface area contributed by atoms with E-state index < -0.39 is 0 Å². The van der Waals surface area contributed by atoms with Crippen molar-refractivity contribution in [1.29, 1.82) is 0 Å². The molecule has 2 rings (SSSR count). The third kappa shape index (κ3) is 2.90. The van der Waals surface area contributed by atoms with Crippen molar-refractivity contribution < 1.29 is 4.79 Å². The molecule has 0 aliphatic carbocycles. The highest BCUT2D eigenvalue weighted by molar-refractivity contribution is 6.30. The fourth-order valence-corrected chi connectivity index (χ4v) is 1.97. The zero-order valence-corrected chi connectivity index (χ0v) is 10.9. The molecule has 18 heavy (non-hydrogen) atoms. The van der Waals surface area contributed by atoms with Crippen molar-refractivity contribution in [2.75, 3.05) is 7.05 Å². The Morgan fingerprint density at radius 3 is 2.44 bits per heavy atom. The summed E-state index contributed by atoms with van der Waals surface area (Å²) in [5, 5.41) is 3.35. The van der Waals surface area contributed by atoms with Crippen molar-refractivity contribution in [2.24, 2.45) is 0 Å². The summed E-state index contributed by atoms with van der Waals surface area (Å²) < 4.78 is 0. The Morgan fingerprint density at radius 1 is 1.11 bits per heavy atom. The van der Waals surface area contributed by atoms with Crippen molar-refractivity contribution in [2.45, 2.75) is 6.42 Å². The number of carbonyl (C=O) groups is 1. The number of hydrogen-bond acceptors (Lipinski definition) is 1. The minimum absolute atomic E-state index is 0.0106. The summed E-state index contributed by atoms with van der Waals surface area (Å²) in [5.74, 6) is 0.0106. The quantitative estimate of drug-likeness (QED) is 0.900. The van der Waals surface area contributed by atoms with Crippen LogP contribution < -0.4 is 5.32 Å². The van der Waals surface area contributed by atoms with Crippen molar-refractivity contribution in [1.82, 2.24) is 5.32 Å². The Labute approximate surface area is 112 Å². The smallest absolute Gasteiger partial charge is 0.224 e. The van der Waals surface area contributed by atoms with Crippen molar-refractivity contribution in [3.63, 3.8) is 0 Å². The summed E-state index contributed by atoms with van der Waals surface area (Å²) in [6.07, 6.45) is 0.384. The minimum Gasteiger partial charge on any atom is -0.359 e. The van der Waals surface area contributed by atoms with E-state index in [4.69, 9.17) is 11.6 Å². The van der Waals surface area contributed by atoms with Gasteiger partial charge in [0.2, 0.25) is 5.91 Å². The molecule has 0 fully saturated rings. The van der Waals surface area contributed by atoms with E-state index in [1.165, 1.54) is 0 Å². The van der Waals surface area contributed by atoms with Crippen molar-refractivity contribution in [3.8, 4) is 11.1 Å². The predicted molar refractivity (Wildman–Crippen MR) is 74.7 cm³/mol. The molecule has 0 aliphatic heterocycles. The van der Waals surface area contributed by atoms with Crippen LogP contribution in [0.2, 0.25) is 5.02 Å². The number of amides is 1. The predicted octanol–water partition coefficient (Wildman–Crippen LogP) is 3.30. The molecule has 0 bridgehead atoms. The van der Waals surface area contributed by atoms with E-state index in [0.717, 1.165) is 16.7 Å². The molecule has 2 nitrogen and oxygen atoms in total.